The smallest absolute Gasteiger partial charge is 0.243 e. The minimum absolute atomic E-state index is 0.0871. The van der Waals surface area contributed by atoms with Gasteiger partial charge in [0.15, 0.2) is 0 Å². The van der Waals surface area contributed by atoms with Crippen molar-refractivity contribution in [2.75, 3.05) is 5.32 Å². The van der Waals surface area contributed by atoms with Gasteiger partial charge in [0.05, 0.1) is 23.8 Å². The molecule has 1 atom stereocenters. The van der Waals surface area contributed by atoms with Crippen LogP contribution in [0.15, 0.2) is 6.33 Å². The normalized spacial score (nSPS) is 17.8. The molecule has 0 bridgehead atoms. The fourth-order valence-corrected chi connectivity index (χ4v) is 3.24. The van der Waals surface area contributed by atoms with E-state index in [1.54, 1.807) is 6.33 Å². The minimum Gasteiger partial charge on any atom is -0.347 e. The fraction of sp³-hybridized carbons (Fsp3) is 0.538. The second-order valence-electron chi connectivity index (χ2n) is 5.55. The highest BCUT2D eigenvalue weighted by molar-refractivity contribution is 7.15. The number of imidazole rings is 1. The second-order valence-corrected chi connectivity index (χ2v) is 6.62. The summed E-state index contributed by atoms with van der Waals surface area (Å²) in [6.45, 7) is 4.89. The lowest BCUT2D eigenvalue weighted by Gasteiger charge is -2.21. The van der Waals surface area contributed by atoms with Crippen LogP contribution in [0.25, 0.3) is 0 Å². The van der Waals surface area contributed by atoms with E-state index < -0.39 is 0 Å². The van der Waals surface area contributed by atoms with Crippen molar-refractivity contribution in [3.8, 4) is 0 Å². The average molecular weight is 306 g/mol. The Morgan fingerprint density at radius 3 is 3.19 bits per heavy atom. The molecule has 0 radical (unpaired) electrons. The highest BCUT2D eigenvalue weighted by atomic mass is 32.1. The van der Waals surface area contributed by atoms with Gasteiger partial charge in [0.25, 0.3) is 0 Å². The standard InChI is InChI=1S/C13H18N6OS/c1-7(2)3-11-18-19-13(21-11)17-12(20)9-4-8-10(5-14-9)16-6-15-8/h6-7,9,14H,3-5H2,1-2H3,(H,15,16)(H,17,19,20). The van der Waals surface area contributed by atoms with Gasteiger partial charge in [-0.3, -0.25) is 15.4 Å². The number of fused-ring (bicyclic) bond motifs is 1. The third kappa shape index (κ3) is 3.27. The number of rotatable bonds is 4. The van der Waals surface area contributed by atoms with Crippen molar-refractivity contribution in [3.05, 3.63) is 22.7 Å². The van der Waals surface area contributed by atoms with Crippen molar-refractivity contribution < 1.29 is 4.79 Å². The molecule has 112 valence electrons. The van der Waals surface area contributed by atoms with Crippen LogP contribution in [0.2, 0.25) is 0 Å². The van der Waals surface area contributed by atoms with Crippen LogP contribution < -0.4 is 10.6 Å². The number of hydrogen-bond acceptors (Lipinski definition) is 6. The molecule has 1 aliphatic heterocycles. The minimum atomic E-state index is -0.279. The Bertz CT molecular complexity index is 634. The zero-order valence-electron chi connectivity index (χ0n) is 12.0. The summed E-state index contributed by atoms with van der Waals surface area (Å²) in [6, 6.07) is -0.279. The Morgan fingerprint density at radius 1 is 1.52 bits per heavy atom. The number of amides is 1. The van der Waals surface area contributed by atoms with Crippen molar-refractivity contribution in [1.29, 1.82) is 0 Å². The van der Waals surface area contributed by atoms with E-state index in [0.717, 1.165) is 22.8 Å². The first-order valence-electron chi connectivity index (χ1n) is 6.99. The van der Waals surface area contributed by atoms with E-state index in [1.165, 1.54) is 11.3 Å². The van der Waals surface area contributed by atoms with Crippen LogP contribution in [-0.2, 0) is 24.2 Å². The van der Waals surface area contributed by atoms with Gasteiger partial charge in [-0.25, -0.2) is 4.98 Å². The van der Waals surface area contributed by atoms with E-state index in [2.05, 4.69) is 44.6 Å². The zero-order valence-corrected chi connectivity index (χ0v) is 12.8. The Labute approximate surface area is 126 Å². The molecule has 2 aromatic rings. The molecular weight excluding hydrogens is 288 g/mol. The molecule has 1 amide bonds. The topological polar surface area (TPSA) is 95.6 Å². The van der Waals surface area contributed by atoms with Crippen molar-refractivity contribution in [1.82, 2.24) is 25.5 Å². The van der Waals surface area contributed by atoms with Gasteiger partial charge in [-0.2, -0.15) is 0 Å². The molecule has 0 saturated heterocycles. The van der Waals surface area contributed by atoms with E-state index in [9.17, 15) is 4.79 Å². The fourth-order valence-electron chi connectivity index (χ4n) is 2.28. The molecule has 0 saturated carbocycles. The van der Waals surface area contributed by atoms with Crippen molar-refractivity contribution in [2.45, 2.75) is 39.3 Å². The highest BCUT2D eigenvalue weighted by Crippen LogP contribution is 2.19. The lowest BCUT2D eigenvalue weighted by Crippen LogP contribution is -2.44. The zero-order chi connectivity index (χ0) is 14.8. The van der Waals surface area contributed by atoms with E-state index in [-0.39, 0.29) is 11.9 Å². The van der Waals surface area contributed by atoms with Gasteiger partial charge in [0.2, 0.25) is 11.0 Å². The Hall–Kier alpha value is -1.80. The summed E-state index contributed by atoms with van der Waals surface area (Å²) in [5.74, 6) is 0.440. The first-order valence-corrected chi connectivity index (χ1v) is 7.81. The molecule has 0 aliphatic carbocycles. The number of hydrogen-bond donors (Lipinski definition) is 3. The van der Waals surface area contributed by atoms with E-state index in [4.69, 9.17) is 0 Å². The van der Waals surface area contributed by atoms with Gasteiger partial charge in [-0.1, -0.05) is 25.2 Å². The quantitative estimate of drug-likeness (QED) is 0.786. The predicted molar refractivity (Wildman–Crippen MR) is 80.0 cm³/mol. The van der Waals surface area contributed by atoms with E-state index in [1.807, 2.05) is 0 Å². The largest absolute Gasteiger partial charge is 0.347 e. The molecule has 3 rings (SSSR count). The molecule has 3 N–H and O–H groups in total. The SMILES string of the molecule is CC(C)Cc1nnc(NC(=O)C2Cc3nc[nH]c3CN2)s1. The first-order chi connectivity index (χ1) is 10.1. The molecule has 0 aromatic carbocycles. The van der Waals surface area contributed by atoms with Crippen molar-refractivity contribution >= 4 is 22.4 Å². The number of aromatic amines is 1. The molecule has 2 aromatic heterocycles. The average Bonchev–Trinajstić information content (AvgIpc) is 3.06. The maximum Gasteiger partial charge on any atom is 0.243 e. The van der Waals surface area contributed by atoms with Crippen LogP contribution in [-0.4, -0.2) is 32.1 Å². The van der Waals surface area contributed by atoms with Crippen LogP contribution in [0.3, 0.4) is 0 Å². The second kappa shape index (κ2) is 5.90. The summed E-state index contributed by atoms with van der Waals surface area (Å²) in [4.78, 5) is 19.6. The predicted octanol–water partition coefficient (Wildman–Crippen LogP) is 1.11. The molecule has 0 fully saturated rings. The Kier molecular flexibility index (Phi) is 3.98. The molecule has 7 nitrogen and oxygen atoms in total. The number of H-pyrrole nitrogens is 1. The van der Waals surface area contributed by atoms with Crippen molar-refractivity contribution in [3.63, 3.8) is 0 Å². The molecule has 0 spiro atoms. The summed E-state index contributed by atoms with van der Waals surface area (Å²) >= 11 is 1.44. The van der Waals surface area contributed by atoms with Gasteiger partial charge in [-0.05, 0) is 5.92 Å². The number of anilines is 1. The van der Waals surface area contributed by atoms with Crippen molar-refractivity contribution in [2.24, 2.45) is 5.92 Å². The number of carbonyl (C=O) groups excluding carboxylic acids is 1. The lowest BCUT2D eigenvalue weighted by molar-refractivity contribution is -0.118. The van der Waals surface area contributed by atoms with Crippen LogP contribution in [0.5, 0.6) is 0 Å². The molecule has 1 unspecified atom stereocenters. The summed E-state index contributed by atoms with van der Waals surface area (Å²) in [6.07, 6.45) is 3.13. The third-order valence-electron chi connectivity index (χ3n) is 3.33. The van der Waals surface area contributed by atoms with Gasteiger partial charge in [0.1, 0.15) is 5.01 Å². The maximum absolute atomic E-state index is 12.3. The molecule has 8 heteroatoms. The van der Waals surface area contributed by atoms with Gasteiger partial charge < -0.3 is 4.98 Å². The Morgan fingerprint density at radius 2 is 2.38 bits per heavy atom. The van der Waals surface area contributed by atoms with Crippen LogP contribution in [0, 0.1) is 5.92 Å². The summed E-state index contributed by atoms with van der Waals surface area (Å²) in [5, 5.41) is 15.7. The summed E-state index contributed by atoms with van der Waals surface area (Å²) in [5.41, 5.74) is 2.00. The van der Waals surface area contributed by atoms with Gasteiger partial charge in [-0.15, -0.1) is 10.2 Å². The Balaban J connectivity index is 1.60. The molecular formula is C13H18N6OS. The van der Waals surface area contributed by atoms with Gasteiger partial charge in [0, 0.05) is 19.4 Å². The van der Waals surface area contributed by atoms with Gasteiger partial charge >= 0.3 is 0 Å². The molecule has 1 aliphatic rings. The third-order valence-corrected chi connectivity index (χ3v) is 4.19. The summed E-state index contributed by atoms with van der Waals surface area (Å²) < 4.78 is 0. The number of nitrogens with zero attached hydrogens (tertiary/aromatic N) is 3. The number of nitrogens with one attached hydrogen (secondary N) is 3. The van der Waals surface area contributed by atoms with Crippen LogP contribution in [0.4, 0.5) is 5.13 Å². The molecule has 21 heavy (non-hydrogen) atoms. The van der Waals surface area contributed by atoms with Crippen LogP contribution in [0.1, 0.15) is 30.2 Å². The lowest BCUT2D eigenvalue weighted by atomic mass is 10.1. The maximum atomic E-state index is 12.3. The molecule has 3 heterocycles. The summed E-state index contributed by atoms with van der Waals surface area (Å²) in [7, 11) is 0. The van der Waals surface area contributed by atoms with Crippen LogP contribution >= 0.6 is 11.3 Å². The van der Waals surface area contributed by atoms with E-state index >= 15 is 0 Å². The first kappa shape index (κ1) is 14.2. The monoisotopic (exact) mass is 306 g/mol. The number of aromatic nitrogens is 4. The number of carbonyl (C=O) groups is 1. The highest BCUT2D eigenvalue weighted by Gasteiger charge is 2.26. The van der Waals surface area contributed by atoms with E-state index in [0.29, 0.717) is 24.0 Å².